The molecule has 0 bridgehead atoms. The maximum atomic E-state index is 13.0. The number of alkyl halides is 3. The van der Waals surface area contributed by atoms with Crippen molar-refractivity contribution in [2.75, 3.05) is 9.80 Å². The molecule has 1 aliphatic heterocycles. The predicted octanol–water partition coefficient (Wildman–Crippen LogP) is 4.93. The molecule has 26 heavy (non-hydrogen) atoms. The van der Waals surface area contributed by atoms with Crippen molar-refractivity contribution in [1.29, 1.82) is 0 Å². The lowest BCUT2D eigenvalue weighted by Gasteiger charge is -2.29. The average Bonchev–Trinajstić information content (AvgIpc) is 2.72. The monoisotopic (exact) mass is 378 g/mol. The molecule has 2 aromatic rings. The van der Waals surface area contributed by atoms with Crippen molar-refractivity contribution in [3.63, 3.8) is 0 Å². The Hall–Kier alpha value is -2.41. The van der Waals surface area contributed by atoms with E-state index in [0.717, 1.165) is 17.7 Å². The smallest absolute Gasteiger partial charge is 0.304 e. The molecule has 0 radical (unpaired) electrons. The second-order valence-electron chi connectivity index (χ2n) is 6.70. The molecule has 136 valence electrons. The Labute approximate surface area is 155 Å². The molecular weight excluding hydrogens is 361 g/mol. The van der Waals surface area contributed by atoms with Gasteiger partial charge in [-0.3, -0.25) is 9.69 Å². The van der Waals surface area contributed by atoms with Crippen LogP contribution >= 0.6 is 12.2 Å². The highest BCUT2D eigenvalue weighted by atomic mass is 32.1. The van der Waals surface area contributed by atoms with Crippen LogP contribution in [0.3, 0.4) is 0 Å². The quantitative estimate of drug-likeness (QED) is 0.693. The van der Waals surface area contributed by atoms with Gasteiger partial charge in [0.05, 0.1) is 11.3 Å². The van der Waals surface area contributed by atoms with E-state index in [4.69, 9.17) is 12.2 Å². The molecular formula is C19H17F3N2OS. The summed E-state index contributed by atoms with van der Waals surface area (Å²) in [5.41, 5.74) is 0.300. The van der Waals surface area contributed by atoms with Gasteiger partial charge in [-0.1, -0.05) is 12.1 Å². The number of carbonyl (C=O) groups is 1. The normalized spacial score (nSPS) is 17.2. The van der Waals surface area contributed by atoms with Gasteiger partial charge in [0.15, 0.2) is 5.11 Å². The molecule has 1 saturated heterocycles. The number of hydrogen-bond acceptors (Lipinski definition) is 2. The number of aryl methyl sites for hydroxylation is 1. The maximum Gasteiger partial charge on any atom is 0.416 e. The fourth-order valence-corrected chi connectivity index (χ4v) is 3.54. The largest absolute Gasteiger partial charge is 0.416 e. The van der Waals surface area contributed by atoms with Crippen LogP contribution in [0.1, 0.15) is 25.0 Å². The molecule has 0 aromatic heterocycles. The number of rotatable bonds is 2. The molecule has 0 atom stereocenters. The standard InChI is InChI=1S/C19H17F3N2OS/c1-12-5-4-6-15(11-12)23-16(25)18(2,3)24(17(23)26)14-9-7-13(8-10-14)19(20,21)22/h4-11H,1-3H3. The topological polar surface area (TPSA) is 23.6 Å². The first-order valence-corrected chi connectivity index (χ1v) is 8.37. The number of amides is 1. The highest BCUT2D eigenvalue weighted by molar-refractivity contribution is 7.81. The van der Waals surface area contributed by atoms with Crippen molar-refractivity contribution < 1.29 is 18.0 Å². The Morgan fingerprint density at radius 2 is 1.62 bits per heavy atom. The third-order valence-corrected chi connectivity index (χ3v) is 4.75. The molecule has 0 saturated carbocycles. The highest BCUT2D eigenvalue weighted by Gasteiger charge is 2.50. The van der Waals surface area contributed by atoms with Crippen molar-refractivity contribution >= 4 is 34.6 Å². The first kappa shape index (κ1) is 18.4. The minimum Gasteiger partial charge on any atom is -0.304 e. The summed E-state index contributed by atoms with van der Waals surface area (Å²) in [5, 5.41) is 0.241. The zero-order valence-electron chi connectivity index (χ0n) is 14.5. The SMILES string of the molecule is Cc1cccc(N2C(=O)C(C)(C)N(c3ccc(C(F)(F)F)cc3)C2=S)c1. The summed E-state index contributed by atoms with van der Waals surface area (Å²) in [6, 6.07) is 12.0. The fourth-order valence-electron chi connectivity index (χ4n) is 3.02. The molecule has 1 amide bonds. The molecule has 1 aliphatic rings. The van der Waals surface area contributed by atoms with Crippen LogP contribution in [0.15, 0.2) is 48.5 Å². The Morgan fingerprint density at radius 1 is 1.00 bits per heavy atom. The maximum absolute atomic E-state index is 13.0. The molecule has 2 aromatic carbocycles. The van der Waals surface area contributed by atoms with Gasteiger partial charge in [0.25, 0.3) is 5.91 Å². The number of nitrogens with zero attached hydrogens (tertiary/aromatic N) is 2. The third-order valence-electron chi connectivity index (χ3n) is 4.38. The van der Waals surface area contributed by atoms with Gasteiger partial charge >= 0.3 is 6.18 Å². The van der Waals surface area contributed by atoms with Crippen LogP contribution in [0.4, 0.5) is 24.5 Å². The summed E-state index contributed by atoms with van der Waals surface area (Å²) in [7, 11) is 0. The van der Waals surface area contributed by atoms with E-state index in [2.05, 4.69) is 0 Å². The van der Waals surface area contributed by atoms with Gasteiger partial charge in [-0.05, 0) is 75.0 Å². The average molecular weight is 378 g/mol. The van der Waals surface area contributed by atoms with Crippen LogP contribution in [0.2, 0.25) is 0 Å². The van der Waals surface area contributed by atoms with Crippen molar-refractivity contribution in [3.8, 4) is 0 Å². The van der Waals surface area contributed by atoms with E-state index in [9.17, 15) is 18.0 Å². The summed E-state index contributed by atoms with van der Waals surface area (Å²) in [5.74, 6) is -0.229. The van der Waals surface area contributed by atoms with Gasteiger partial charge in [0, 0.05) is 5.69 Å². The predicted molar refractivity (Wildman–Crippen MR) is 99.3 cm³/mol. The van der Waals surface area contributed by atoms with Crippen molar-refractivity contribution in [1.82, 2.24) is 0 Å². The Bertz CT molecular complexity index is 875. The third kappa shape index (κ3) is 2.96. The summed E-state index contributed by atoms with van der Waals surface area (Å²) in [6.45, 7) is 5.32. The van der Waals surface area contributed by atoms with Crippen molar-refractivity contribution in [2.24, 2.45) is 0 Å². The van der Waals surface area contributed by atoms with Gasteiger partial charge in [-0.2, -0.15) is 13.2 Å². The van der Waals surface area contributed by atoms with Gasteiger partial charge in [0.1, 0.15) is 5.54 Å². The molecule has 3 rings (SSSR count). The molecule has 3 nitrogen and oxygen atoms in total. The molecule has 0 N–H and O–H groups in total. The van der Waals surface area contributed by atoms with Gasteiger partial charge < -0.3 is 4.90 Å². The van der Waals surface area contributed by atoms with Crippen LogP contribution in [-0.4, -0.2) is 16.6 Å². The second kappa shape index (κ2) is 6.09. The number of halogens is 3. The zero-order chi connectivity index (χ0) is 19.3. The fraction of sp³-hybridized carbons (Fsp3) is 0.263. The van der Waals surface area contributed by atoms with Crippen LogP contribution in [0.25, 0.3) is 0 Å². The first-order valence-electron chi connectivity index (χ1n) is 7.96. The Kier molecular flexibility index (Phi) is 4.30. The molecule has 0 aliphatic carbocycles. The van der Waals surface area contributed by atoms with E-state index >= 15 is 0 Å². The van der Waals surface area contributed by atoms with Crippen molar-refractivity contribution in [3.05, 3.63) is 59.7 Å². The van der Waals surface area contributed by atoms with Gasteiger partial charge in [-0.25, -0.2) is 0 Å². The number of anilines is 2. The lowest BCUT2D eigenvalue weighted by atomic mass is 10.0. The van der Waals surface area contributed by atoms with E-state index in [1.54, 1.807) is 24.8 Å². The van der Waals surface area contributed by atoms with E-state index in [0.29, 0.717) is 11.4 Å². The molecule has 7 heteroatoms. The minimum absolute atomic E-state index is 0.229. The van der Waals surface area contributed by atoms with Gasteiger partial charge in [-0.15, -0.1) is 0 Å². The summed E-state index contributed by atoms with van der Waals surface area (Å²) in [4.78, 5) is 16.0. The number of thiocarbonyl (C=S) groups is 1. The summed E-state index contributed by atoms with van der Waals surface area (Å²) < 4.78 is 38.4. The second-order valence-corrected chi connectivity index (χ2v) is 7.07. The first-order chi connectivity index (χ1) is 12.0. The van der Waals surface area contributed by atoms with Crippen LogP contribution in [0.5, 0.6) is 0 Å². The number of carbonyl (C=O) groups excluding carboxylic acids is 1. The number of benzene rings is 2. The van der Waals surface area contributed by atoms with Crippen LogP contribution in [-0.2, 0) is 11.0 Å². The molecule has 1 fully saturated rings. The summed E-state index contributed by atoms with van der Waals surface area (Å²) in [6.07, 6.45) is -4.41. The van der Waals surface area contributed by atoms with E-state index in [1.165, 1.54) is 17.0 Å². The van der Waals surface area contributed by atoms with Crippen molar-refractivity contribution in [2.45, 2.75) is 32.5 Å². The van der Waals surface area contributed by atoms with Crippen LogP contribution < -0.4 is 9.80 Å². The van der Waals surface area contributed by atoms with Gasteiger partial charge in [0.2, 0.25) is 0 Å². The van der Waals surface area contributed by atoms with Crippen LogP contribution in [0, 0.1) is 6.92 Å². The number of hydrogen-bond donors (Lipinski definition) is 0. The molecule has 0 unspecified atom stereocenters. The van der Waals surface area contributed by atoms with E-state index in [-0.39, 0.29) is 11.0 Å². The van der Waals surface area contributed by atoms with E-state index < -0.39 is 17.3 Å². The highest BCUT2D eigenvalue weighted by Crippen LogP contribution is 2.38. The summed E-state index contributed by atoms with van der Waals surface area (Å²) >= 11 is 5.51. The Balaban J connectivity index is 2.02. The minimum atomic E-state index is -4.41. The zero-order valence-corrected chi connectivity index (χ0v) is 15.3. The molecule has 1 heterocycles. The lowest BCUT2D eigenvalue weighted by molar-refractivity contribution is -0.137. The lowest BCUT2D eigenvalue weighted by Crippen LogP contribution is -2.44. The molecule has 0 spiro atoms. The Morgan fingerprint density at radius 3 is 2.15 bits per heavy atom. The van der Waals surface area contributed by atoms with E-state index in [1.807, 2.05) is 25.1 Å².